The van der Waals surface area contributed by atoms with Crippen molar-refractivity contribution >= 4 is 17.8 Å². The number of carbonyl (C=O) groups is 2. The number of anilines is 1. The predicted octanol–water partition coefficient (Wildman–Crippen LogP) is 1.93. The summed E-state index contributed by atoms with van der Waals surface area (Å²) in [5.41, 5.74) is 0.861. The van der Waals surface area contributed by atoms with Crippen molar-refractivity contribution in [1.82, 2.24) is 15.2 Å². The van der Waals surface area contributed by atoms with Gasteiger partial charge < -0.3 is 0 Å². The summed E-state index contributed by atoms with van der Waals surface area (Å²) in [5.74, 6) is -0.240. The van der Waals surface area contributed by atoms with E-state index in [2.05, 4.69) is 15.2 Å². The SMILES string of the molecule is O=C1[C@@H]2CC=CC[C@H]2C(=O)N1c1n[nH]c(-c2ccccc2)n1. The van der Waals surface area contributed by atoms with Gasteiger partial charge in [-0.2, -0.15) is 4.98 Å². The zero-order valence-electron chi connectivity index (χ0n) is 11.8. The van der Waals surface area contributed by atoms with Crippen molar-refractivity contribution in [1.29, 1.82) is 0 Å². The lowest BCUT2D eigenvalue weighted by Gasteiger charge is -2.14. The molecule has 1 aliphatic heterocycles. The summed E-state index contributed by atoms with van der Waals surface area (Å²) in [6.07, 6.45) is 5.15. The van der Waals surface area contributed by atoms with Crippen LogP contribution in [0.1, 0.15) is 12.8 Å². The minimum atomic E-state index is -0.267. The van der Waals surface area contributed by atoms with Crippen LogP contribution in [-0.4, -0.2) is 27.0 Å². The van der Waals surface area contributed by atoms with E-state index in [1.165, 1.54) is 0 Å². The van der Waals surface area contributed by atoms with Crippen LogP contribution in [-0.2, 0) is 9.59 Å². The molecule has 1 aromatic heterocycles. The number of hydrogen-bond donors (Lipinski definition) is 1. The minimum absolute atomic E-state index is 0.142. The maximum atomic E-state index is 12.5. The number of nitrogens with one attached hydrogen (secondary N) is 1. The lowest BCUT2D eigenvalue weighted by Crippen LogP contribution is -2.31. The molecule has 0 saturated carbocycles. The Balaban J connectivity index is 1.67. The summed E-state index contributed by atoms with van der Waals surface area (Å²) in [6, 6.07) is 9.48. The van der Waals surface area contributed by atoms with Gasteiger partial charge >= 0.3 is 0 Å². The molecule has 2 aromatic rings. The molecule has 0 radical (unpaired) electrons. The lowest BCUT2D eigenvalue weighted by molar-refractivity contribution is -0.122. The fourth-order valence-corrected chi connectivity index (χ4v) is 3.08. The van der Waals surface area contributed by atoms with Crippen molar-refractivity contribution in [2.75, 3.05) is 4.90 Å². The van der Waals surface area contributed by atoms with Gasteiger partial charge in [-0.05, 0) is 12.8 Å². The number of amides is 2. The molecule has 1 saturated heterocycles. The van der Waals surface area contributed by atoms with Crippen molar-refractivity contribution in [3.8, 4) is 11.4 Å². The molecule has 2 aliphatic rings. The summed E-state index contributed by atoms with van der Waals surface area (Å²) < 4.78 is 0. The van der Waals surface area contributed by atoms with Crippen molar-refractivity contribution in [2.45, 2.75) is 12.8 Å². The molecule has 4 rings (SSSR count). The van der Waals surface area contributed by atoms with Crippen LogP contribution in [0.2, 0.25) is 0 Å². The van der Waals surface area contributed by atoms with Crippen molar-refractivity contribution in [3.05, 3.63) is 42.5 Å². The quantitative estimate of drug-likeness (QED) is 0.678. The molecule has 2 atom stereocenters. The number of carbonyl (C=O) groups excluding carboxylic acids is 2. The van der Waals surface area contributed by atoms with E-state index in [9.17, 15) is 9.59 Å². The molecule has 2 amide bonds. The minimum Gasteiger partial charge on any atom is -0.274 e. The highest BCUT2D eigenvalue weighted by molar-refractivity contribution is 6.21. The molecule has 1 aromatic carbocycles. The van der Waals surface area contributed by atoms with E-state index in [1.54, 1.807) is 0 Å². The second-order valence-electron chi connectivity index (χ2n) is 5.52. The fraction of sp³-hybridized carbons (Fsp3) is 0.250. The average molecular weight is 294 g/mol. The first-order valence-electron chi connectivity index (χ1n) is 7.26. The number of H-pyrrole nitrogens is 1. The molecule has 6 nitrogen and oxygen atoms in total. The highest BCUT2D eigenvalue weighted by Crippen LogP contribution is 2.36. The van der Waals surface area contributed by atoms with Gasteiger partial charge in [0.15, 0.2) is 5.82 Å². The van der Waals surface area contributed by atoms with Crippen LogP contribution >= 0.6 is 0 Å². The topological polar surface area (TPSA) is 79.0 Å². The Hall–Kier alpha value is -2.76. The van der Waals surface area contributed by atoms with Crippen LogP contribution in [0.25, 0.3) is 11.4 Å². The maximum Gasteiger partial charge on any atom is 0.258 e. The second kappa shape index (κ2) is 4.91. The van der Waals surface area contributed by atoms with Gasteiger partial charge in [0.25, 0.3) is 5.95 Å². The van der Waals surface area contributed by atoms with Crippen LogP contribution in [0.4, 0.5) is 5.95 Å². The van der Waals surface area contributed by atoms with Gasteiger partial charge in [0.1, 0.15) is 0 Å². The Morgan fingerprint density at radius 3 is 2.27 bits per heavy atom. The first-order valence-corrected chi connectivity index (χ1v) is 7.26. The average Bonchev–Trinajstić information content (AvgIpc) is 3.13. The highest BCUT2D eigenvalue weighted by Gasteiger charge is 2.49. The number of hydrogen-bond acceptors (Lipinski definition) is 4. The summed E-state index contributed by atoms with van der Waals surface area (Å²) >= 11 is 0. The summed E-state index contributed by atoms with van der Waals surface area (Å²) in [5, 5.41) is 6.86. The van der Waals surface area contributed by atoms with Crippen LogP contribution in [0.3, 0.4) is 0 Å². The number of rotatable bonds is 2. The van der Waals surface area contributed by atoms with Gasteiger partial charge in [-0.1, -0.05) is 42.5 Å². The maximum absolute atomic E-state index is 12.5. The molecule has 1 N–H and O–H groups in total. The summed E-state index contributed by atoms with van der Waals surface area (Å²) in [7, 11) is 0. The number of imide groups is 1. The van der Waals surface area contributed by atoms with Gasteiger partial charge in [0.05, 0.1) is 11.8 Å². The van der Waals surface area contributed by atoms with Crippen molar-refractivity contribution < 1.29 is 9.59 Å². The number of aromatic amines is 1. The Kier molecular flexibility index (Phi) is 2.89. The Morgan fingerprint density at radius 2 is 1.64 bits per heavy atom. The number of fused-ring (bicyclic) bond motifs is 1. The van der Waals surface area contributed by atoms with E-state index < -0.39 is 0 Å². The van der Waals surface area contributed by atoms with Gasteiger partial charge in [0.2, 0.25) is 11.8 Å². The highest BCUT2D eigenvalue weighted by atomic mass is 16.2. The normalized spacial score (nSPS) is 23.9. The molecule has 2 heterocycles. The number of benzene rings is 1. The fourth-order valence-electron chi connectivity index (χ4n) is 3.08. The van der Waals surface area contributed by atoms with E-state index in [4.69, 9.17) is 0 Å². The van der Waals surface area contributed by atoms with Crippen LogP contribution in [0.5, 0.6) is 0 Å². The first-order chi connectivity index (χ1) is 10.8. The number of allylic oxidation sites excluding steroid dienone is 2. The summed E-state index contributed by atoms with van der Waals surface area (Å²) in [4.78, 5) is 30.4. The predicted molar refractivity (Wildman–Crippen MR) is 79.7 cm³/mol. The van der Waals surface area contributed by atoms with E-state index in [-0.39, 0.29) is 29.6 Å². The second-order valence-corrected chi connectivity index (χ2v) is 5.52. The summed E-state index contributed by atoms with van der Waals surface area (Å²) in [6.45, 7) is 0. The largest absolute Gasteiger partial charge is 0.274 e. The van der Waals surface area contributed by atoms with Crippen molar-refractivity contribution in [3.63, 3.8) is 0 Å². The van der Waals surface area contributed by atoms with E-state index in [0.29, 0.717) is 18.7 Å². The van der Waals surface area contributed by atoms with Crippen LogP contribution < -0.4 is 4.90 Å². The third kappa shape index (κ3) is 1.88. The molecular formula is C16H14N4O2. The molecule has 1 fully saturated rings. The van der Waals surface area contributed by atoms with E-state index in [1.807, 2.05) is 42.5 Å². The van der Waals surface area contributed by atoms with Crippen molar-refractivity contribution in [2.24, 2.45) is 11.8 Å². The third-order valence-corrected chi connectivity index (χ3v) is 4.23. The number of aromatic nitrogens is 3. The molecule has 6 heteroatoms. The van der Waals surface area contributed by atoms with Gasteiger partial charge in [-0.3, -0.25) is 14.7 Å². The molecule has 0 spiro atoms. The standard InChI is InChI=1S/C16H14N4O2/c21-14-11-8-4-5-9-12(11)15(22)20(14)16-17-13(18-19-16)10-6-2-1-3-7-10/h1-7,11-12H,8-9H2,(H,17,18,19)/t11-,12-/m1/s1. The van der Waals surface area contributed by atoms with Gasteiger partial charge in [-0.15, -0.1) is 5.10 Å². The van der Waals surface area contributed by atoms with Gasteiger partial charge in [0, 0.05) is 5.56 Å². The molecule has 0 bridgehead atoms. The third-order valence-electron chi connectivity index (χ3n) is 4.23. The van der Waals surface area contributed by atoms with Gasteiger partial charge in [-0.25, -0.2) is 4.90 Å². The zero-order chi connectivity index (χ0) is 15.1. The van der Waals surface area contributed by atoms with E-state index in [0.717, 1.165) is 10.5 Å². The Labute approximate surface area is 126 Å². The number of nitrogens with zero attached hydrogens (tertiary/aromatic N) is 3. The first kappa shape index (κ1) is 12.9. The zero-order valence-corrected chi connectivity index (χ0v) is 11.8. The molecular weight excluding hydrogens is 280 g/mol. The molecule has 22 heavy (non-hydrogen) atoms. The molecule has 0 unspecified atom stereocenters. The lowest BCUT2D eigenvalue weighted by atomic mass is 9.85. The molecule has 1 aliphatic carbocycles. The molecule has 110 valence electrons. The van der Waals surface area contributed by atoms with Crippen LogP contribution in [0, 0.1) is 11.8 Å². The Bertz CT molecular complexity index is 739. The smallest absolute Gasteiger partial charge is 0.258 e. The van der Waals surface area contributed by atoms with E-state index >= 15 is 0 Å². The Morgan fingerprint density at radius 1 is 1.00 bits per heavy atom. The van der Waals surface area contributed by atoms with Crippen LogP contribution in [0.15, 0.2) is 42.5 Å². The monoisotopic (exact) mass is 294 g/mol.